The zero-order valence-electron chi connectivity index (χ0n) is 11.4. The first-order valence-corrected chi connectivity index (χ1v) is 6.86. The Hall–Kier alpha value is -0.930. The van der Waals surface area contributed by atoms with E-state index < -0.39 is 0 Å². The lowest BCUT2D eigenvalue weighted by molar-refractivity contribution is 0.0480. The molecule has 3 heteroatoms. The first-order valence-electron chi connectivity index (χ1n) is 6.86. The van der Waals surface area contributed by atoms with Crippen LogP contribution in [0.15, 0.2) is 24.3 Å². The van der Waals surface area contributed by atoms with Gasteiger partial charge >= 0.3 is 0 Å². The summed E-state index contributed by atoms with van der Waals surface area (Å²) in [5, 5.41) is 3.22. The molecule has 0 bridgehead atoms. The number of likely N-dealkylation sites (N-methyl/N-ethyl adjacent to an activating group) is 1. The number of benzene rings is 1. The third-order valence-electron chi connectivity index (χ3n) is 2.90. The van der Waals surface area contributed by atoms with Gasteiger partial charge in [0.1, 0.15) is 5.82 Å². The van der Waals surface area contributed by atoms with Gasteiger partial charge < -0.3 is 10.1 Å². The molecule has 0 saturated carbocycles. The van der Waals surface area contributed by atoms with Gasteiger partial charge in [-0.15, -0.1) is 0 Å². The molecule has 0 aromatic heterocycles. The van der Waals surface area contributed by atoms with Gasteiger partial charge in [0.05, 0.1) is 6.10 Å². The van der Waals surface area contributed by atoms with Crippen LogP contribution in [0.2, 0.25) is 0 Å². The monoisotopic (exact) mass is 253 g/mol. The fraction of sp³-hybridized carbons (Fsp3) is 0.600. The maximum atomic E-state index is 13.7. The van der Waals surface area contributed by atoms with Gasteiger partial charge in [-0.2, -0.15) is 0 Å². The quantitative estimate of drug-likeness (QED) is 0.678. The van der Waals surface area contributed by atoms with Crippen LogP contribution in [-0.4, -0.2) is 19.7 Å². The van der Waals surface area contributed by atoms with Crippen molar-refractivity contribution in [3.8, 4) is 0 Å². The van der Waals surface area contributed by atoms with Gasteiger partial charge in [-0.3, -0.25) is 0 Å². The summed E-state index contributed by atoms with van der Waals surface area (Å²) in [6.45, 7) is 6.41. The Morgan fingerprint density at radius 3 is 2.67 bits per heavy atom. The van der Waals surface area contributed by atoms with Crippen molar-refractivity contribution in [2.75, 3.05) is 19.7 Å². The van der Waals surface area contributed by atoms with Gasteiger partial charge in [0.25, 0.3) is 0 Å². The molecule has 1 aromatic rings. The lowest BCUT2D eigenvalue weighted by Crippen LogP contribution is -2.24. The first kappa shape index (κ1) is 15.1. The van der Waals surface area contributed by atoms with E-state index in [2.05, 4.69) is 12.2 Å². The van der Waals surface area contributed by atoms with Gasteiger partial charge in [-0.05, 0) is 19.0 Å². The zero-order chi connectivity index (χ0) is 13.2. The number of ether oxygens (including phenoxy) is 1. The molecule has 1 atom stereocenters. The van der Waals surface area contributed by atoms with Crippen LogP contribution in [-0.2, 0) is 4.74 Å². The minimum absolute atomic E-state index is 0.184. The summed E-state index contributed by atoms with van der Waals surface area (Å²) in [6, 6.07) is 6.85. The molecular formula is C15H24FNO. The van der Waals surface area contributed by atoms with Crippen molar-refractivity contribution >= 4 is 0 Å². The van der Waals surface area contributed by atoms with E-state index in [1.165, 1.54) is 12.5 Å². The Labute approximate surface area is 110 Å². The Morgan fingerprint density at radius 2 is 2.00 bits per heavy atom. The molecule has 2 nitrogen and oxygen atoms in total. The third-order valence-corrected chi connectivity index (χ3v) is 2.90. The number of hydrogen-bond acceptors (Lipinski definition) is 2. The fourth-order valence-electron chi connectivity index (χ4n) is 1.85. The van der Waals surface area contributed by atoms with Crippen LogP contribution in [0.3, 0.4) is 0 Å². The smallest absolute Gasteiger partial charge is 0.129 e. The van der Waals surface area contributed by atoms with Gasteiger partial charge in [-0.25, -0.2) is 4.39 Å². The molecule has 0 heterocycles. The topological polar surface area (TPSA) is 21.3 Å². The second-order valence-electron chi connectivity index (χ2n) is 4.40. The summed E-state index contributed by atoms with van der Waals surface area (Å²) in [6.07, 6.45) is 3.17. The van der Waals surface area contributed by atoms with Crippen LogP contribution < -0.4 is 5.32 Å². The van der Waals surface area contributed by atoms with Crippen molar-refractivity contribution in [2.24, 2.45) is 0 Å². The molecule has 1 N–H and O–H groups in total. The minimum atomic E-state index is -0.192. The molecule has 0 aliphatic rings. The molecule has 0 amide bonds. The maximum absolute atomic E-state index is 13.7. The van der Waals surface area contributed by atoms with Gasteiger partial charge in [0, 0.05) is 18.7 Å². The highest BCUT2D eigenvalue weighted by atomic mass is 19.1. The summed E-state index contributed by atoms with van der Waals surface area (Å²) < 4.78 is 19.5. The number of rotatable bonds is 9. The normalized spacial score (nSPS) is 12.6. The largest absolute Gasteiger partial charge is 0.372 e. The van der Waals surface area contributed by atoms with E-state index in [0.29, 0.717) is 18.7 Å². The van der Waals surface area contributed by atoms with Crippen molar-refractivity contribution in [3.05, 3.63) is 35.6 Å². The van der Waals surface area contributed by atoms with Crippen LogP contribution in [0, 0.1) is 5.82 Å². The van der Waals surface area contributed by atoms with Crippen molar-refractivity contribution < 1.29 is 9.13 Å². The first-order chi connectivity index (χ1) is 8.79. The molecule has 1 rings (SSSR count). The molecule has 1 aromatic carbocycles. The molecule has 0 spiro atoms. The van der Waals surface area contributed by atoms with Crippen LogP contribution in [0.1, 0.15) is 44.8 Å². The molecule has 0 radical (unpaired) electrons. The molecule has 18 heavy (non-hydrogen) atoms. The van der Waals surface area contributed by atoms with Crippen LogP contribution in [0.4, 0.5) is 4.39 Å². The molecule has 0 fully saturated rings. The molecule has 102 valence electrons. The summed E-state index contributed by atoms with van der Waals surface area (Å²) in [7, 11) is 0. The van der Waals surface area contributed by atoms with E-state index in [-0.39, 0.29) is 11.9 Å². The number of hydrogen-bond donors (Lipinski definition) is 1. The van der Waals surface area contributed by atoms with Gasteiger partial charge in [-0.1, -0.05) is 44.9 Å². The molecule has 0 aliphatic heterocycles. The Morgan fingerprint density at radius 1 is 1.22 bits per heavy atom. The Balaban J connectivity index is 2.57. The predicted molar refractivity (Wildman–Crippen MR) is 73.2 cm³/mol. The van der Waals surface area contributed by atoms with Crippen LogP contribution >= 0.6 is 0 Å². The van der Waals surface area contributed by atoms with Crippen molar-refractivity contribution in [1.82, 2.24) is 5.32 Å². The standard InChI is InChI=1S/C15H24FNO/c1-3-5-8-11-18-15(12-17-4-2)13-9-6-7-10-14(13)16/h6-7,9-10,15,17H,3-5,8,11-12H2,1-2H3. The summed E-state index contributed by atoms with van der Waals surface area (Å²) in [5.74, 6) is -0.184. The maximum Gasteiger partial charge on any atom is 0.129 e. The third kappa shape index (κ3) is 5.15. The number of halogens is 1. The van der Waals surface area contributed by atoms with Crippen LogP contribution in [0.5, 0.6) is 0 Å². The second-order valence-corrected chi connectivity index (χ2v) is 4.40. The SMILES string of the molecule is CCCCCOC(CNCC)c1ccccc1F. The fourth-order valence-corrected chi connectivity index (χ4v) is 1.85. The van der Waals surface area contributed by atoms with Crippen molar-refractivity contribution in [1.29, 1.82) is 0 Å². The van der Waals surface area contributed by atoms with E-state index in [9.17, 15) is 4.39 Å². The highest BCUT2D eigenvalue weighted by molar-refractivity contribution is 5.20. The van der Waals surface area contributed by atoms with Crippen molar-refractivity contribution in [2.45, 2.75) is 39.2 Å². The molecule has 0 saturated heterocycles. The van der Waals surface area contributed by atoms with Crippen molar-refractivity contribution in [3.63, 3.8) is 0 Å². The average molecular weight is 253 g/mol. The van der Waals surface area contributed by atoms with E-state index in [4.69, 9.17) is 4.74 Å². The van der Waals surface area contributed by atoms with Crippen LogP contribution in [0.25, 0.3) is 0 Å². The lowest BCUT2D eigenvalue weighted by atomic mass is 10.1. The summed E-state index contributed by atoms with van der Waals surface area (Å²) in [4.78, 5) is 0. The average Bonchev–Trinajstić information content (AvgIpc) is 2.39. The van der Waals surface area contributed by atoms with E-state index in [0.717, 1.165) is 19.4 Å². The molecule has 1 unspecified atom stereocenters. The lowest BCUT2D eigenvalue weighted by Gasteiger charge is -2.19. The second kappa shape index (κ2) is 9.06. The van der Waals surface area contributed by atoms with E-state index in [1.54, 1.807) is 12.1 Å². The number of nitrogens with one attached hydrogen (secondary N) is 1. The predicted octanol–water partition coefficient (Wildman–Crippen LogP) is 3.68. The highest BCUT2D eigenvalue weighted by Crippen LogP contribution is 2.20. The van der Waals surface area contributed by atoms with E-state index >= 15 is 0 Å². The molecular weight excluding hydrogens is 229 g/mol. The number of unbranched alkanes of at least 4 members (excludes halogenated alkanes) is 2. The van der Waals surface area contributed by atoms with Gasteiger partial charge in [0.15, 0.2) is 0 Å². The minimum Gasteiger partial charge on any atom is -0.372 e. The highest BCUT2D eigenvalue weighted by Gasteiger charge is 2.15. The Bertz CT molecular complexity index is 330. The van der Waals surface area contributed by atoms with E-state index in [1.807, 2.05) is 13.0 Å². The van der Waals surface area contributed by atoms with Gasteiger partial charge in [0.2, 0.25) is 0 Å². The molecule has 0 aliphatic carbocycles. The summed E-state index contributed by atoms with van der Waals surface area (Å²) in [5.41, 5.74) is 0.648. The summed E-state index contributed by atoms with van der Waals surface area (Å²) >= 11 is 0. The zero-order valence-corrected chi connectivity index (χ0v) is 11.4. The Kier molecular flexibility index (Phi) is 7.62.